The van der Waals surface area contributed by atoms with E-state index in [0.717, 1.165) is 13.2 Å². The molecule has 0 fully saturated rings. The summed E-state index contributed by atoms with van der Waals surface area (Å²) in [7, 11) is 1.71. The van der Waals surface area contributed by atoms with Crippen LogP contribution >= 0.6 is 0 Å². The predicted molar refractivity (Wildman–Crippen MR) is 37.1 cm³/mol. The van der Waals surface area contributed by atoms with Crippen LogP contribution in [0.2, 0.25) is 0 Å². The van der Waals surface area contributed by atoms with Crippen LogP contribution in [0.1, 0.15) is 0 Å². The van der Waals surface area contributed by atoms with Crippen molar-refractivity contribution in [2.24, 2.45) is 0 Å². The van der Waals surface area contributed by atoms with Crippen molar-refractivity contribution in [3.63, 3.8) is 0 Å². The Labute approximate surface area is 55.2 Å². The maximum atomic E-state index is 4.94. The molecular formula is C7H11NO. The summed E-state index contributed by atoms with van der Waals surface area (Å²) >= 11 is 0. The normalized spacial score (nSPS) is 16.8. The molecule has 0 aliphatic carbocycles. The number of hydrogen-bond acceptors (Lipinski definition) is 2. The number of allylic oxidation sites excluding steroid dienone is 2. The molecule has 1 heterocycles. The van der Waals surface area contributed by atoms with Crippen LogP contribution in [-0.2, 0) is 4.74 Å². The molecule has 0 aromatic heterocycles. The van der Waals surface area contributed by atoms with Gasteiger partial charge in [-0.2, -0.15) is 0 Å². The first kappa shape index (κ1) is 6.36. The highest BCUT2D eigenvalue weighted by molar-refractivity contribution is 5.18. The van der Waals surface area contributed by atoms with E-state index in [1.165, 1.54) is 5.57 Å². The van der Waals surface area contributed by atoms with E-state index in [9.17, 15) is 0 Å². The summed E-state index contributed by atoms with van der Waals surface area (Å²) in [5.74, 6) is 0. The molecule has 0 amide bonds. The largest absolute Gasteiger partial charge is 0.387 e. The van der Waals surface area contributed by atoms with E-state index in [1.54, 1.807) is 7.11 Å². The zero-order valence-corrected chi connectivity index (χ0v) is 5.55. The highest BCUT2D eigenvalue weighted by atomic mass is 16.5. The lowest BCUT2D eigenvalue weighted by molar-refractivity contribution is 0.224. The first-order valence-corrected chi connectivity index (χ1v) is 3.00. The molecule has 0 saturated heterocycles. The topological polar surface area (TPSA) is 21.3 Å². The summed E-state index contributed by atoms with van der Waals surface area (Å²) in [6.07, 6.45) is 5.98. The molecule has 1 N–H and O–H groups in total. The second-order valence-corrected chi connectivity index (χ2v) is 2.00. The number of nitrogens with one attached hydrogen (secondary N) is 1. The maximum absolute atomic E-state index is 4.94. The van der Waals surface area contributed by atoms with Crippen molar-refractivity contribution in [3.8, 4) is 0 Å². The Morgan fingerprint density at radius 1 is 1.78 bits per heavy atom. The average Bonchev–Trinajstić information content (AvgIpc) is 1.91. The number of methoxy groups -OCH3 is 1. The SMILES string of the molecule is COCC1=CC=CNC1. The van der Waals surface area contributed by atoms with Gasteiger partial charge in [0.1, 0.15) is 0 Å². The van der Waals surface area contributed by atoms with E-state index < -0.39 is 0 Å². The molecule has 50 valence electrons. The smallest absolute Gasteiger partial charge is 0.0693 e. The fraction of sp³-hybridized carbons (Fsp3) is 0.429. The molecule has 0 aromatic carbocycles. The molecular weight excluding hydrogens is 114 g/mol. The minimum atomic E-state index is 0.733. The van der Waals surface area contributed by atoms with Gasteiger partial charge in [0.05, 0.1) is 6.61 Å². The fourth-order valence-corrected chi connectivity index (χ4v) is 0.786. The molecule has 2 nitrogen and oxygen atoms in total. The van der Waals surface area contributed by atoms with Crippen LogP contribution < -0.4 is 5.32 Å². The number of ether oxygens (including phenoxy) is 1. The Morgan fingerprint density at radius 2 is 2.67 bits per heavy atom. The average molecular weight is 125 g/mol. The third kappa shape index (κ3) is 1.90. The minimum Gasteiger partial charge on any atom is -0.387 e. The van der Waals surface area contributed by atoms with Crippen molar-refractivity contribution in [2.75, 3.05) is 20.3 Å². The van der Waals surface area contributed by atoms with Gasteiger partial charge in [-0.25, -0.2) is 0 Å². The van der Waals surface area contributed by atoms with Crippen molar-refractivity contribution >= 4 is 0 Å². The van der Waals surface area contributed by atoms with Crippen molar-refractivity contribution in [2.45, 2.75) is 0 Å². The molecule has 2 heteroatoms. The van der Waals surface area contributed by atoms with Gasteiger partial charge in [0.15, 0.2) is 0 Å². The summed E-state index contributed by atoms with van der Waals surface area (Å²) in [5.41, 5.74) is 1.29. The number of dihydropyridines is 1. The summed E-state index contributed by atoms with van der Waals surface area (Å²) in [6.45, 7) is 1.65. The summed E-state index contributed by atoms with van der Waals surface area (Å²) < 4.78 is 4.94. The molecule has 1 aliphatic heterocycles. The van der Waals surface area contributed by atoms with Gasteiger partial charge in [-0.1, -0.05) is 6.08 Å². The second-order valence-electron chi connectivity index (χ2n) is 2.00. The monoisotopic (exact) mass is 125 g/mol. The van der Waals surface area contributed by atoms with E-state index in [4.69, 9.17) is 4.74 Å². The molecule has 0 radical (unpaired) electrons. The van der Waals surface area contributed by atoms with Crippen LogP contribution in [0.5, 0.6) is 0 Å². The quantitative estimate of drug-likeness (QED) is 0.586. The van der Waals surface area contributed by atoms with Gasteiger partial charge in [-0.15, -0.1) is 0 Å². The summed E-state index contributed by atoms with van der Waals surface area (Å²) in [4.78, 5) is 0. The molecule has 0 aromatic rings. The van der Waals surface area contributed by atoms with Crippen LogP contribution in [-0.4, -0.2) is 20.3 Å². The third-order valence-electron chi connectivity index (χ3n) is 1.20. The van der Waals surface area contributed by atoms with Crippen molar-refractivity contribution < 1.29 is 4.74 Å². The lowest BCUT2D eigenvalue weighted by Crippen LogP contribution is -2.15. The van der Waals surface area contributed by atoms with E-state index in [1.807, 2.05) is 12.3 Å². The van der Waals surface area contributed by atoms with Gasteiger partial charge < -0.3 is 10.1 Å². The summed E-state index contributed by atoms with van der Waals surface area (Å²) in [5, 5.41) is 3.09. The highest BCUT2D eigenvalue weighted by Gasteiger charge is 1.95. The molecule has 1 rings (SSSR count). The van der Waals surface area contributed by atoms with E-state index in [0.29, 0.717) is 0 Å². The molecule has 0 atom stereocenters. The molecule has 9 heavy (non-hydrogen) atoms. The van der Waals surface area contributed by atoms with Crippen LogP contribution in [0.15, 0.2) is 23.9 Å². The minimum absolute atomic E-state index is 0.733. The van der Waals surface area contributed by atoms with Gasteiger partial charge in [0, 0.05) is 13.7 Å². The zero-order valence-electron chi connectivity index (χ0n) is 5.55. The Bertz CT molecular complexity index is 138. The van der Waals surface area contributed by atoms with Crippen LogP contribution in [0.4, 0.5) is 0 Å². The maximum Gasteiger partial charge on any atom is 0.0693 e. The second kappa shape index (κ2) is 3.30. The first-order chi connectivity index (χ1) is 4.43. The molecule has 0 spiro atoms. The van der Waals surface area contributed by atoms with Gasteiger partial charge >= 0.3 is 0 Å². The van der Waals surface area contributed by atoms with Crippen LogP contribution in [0.25, 0.3) is 0 Å². The van der Waals surface area contributed by atoms with Gasteiger partial charge in [0.2, 0.25) is 0 Å². The Kier molecular flexibility index (Phi) is 2.33. The van der Waals surface area contributed by atoms with E-state index >= 15 is 0 Å². The van der Waals surface area contributed by atoms with Gasteiger partial charge in [-0.05, 0) is 17.8 Å². The Morgan fingerprint density at radius 3 is 3.22 bits per heavy atom. The van der Waals surface area contributed by atoms with Crippen LogP contribution in [0, 0.1) is 0 Å². The van der Waals surface area contributed by atoms with Gasteiger partial charge in [0.25, 0.3) is 0 Å². The van der Waals surface area contributed by atoms with Crippen molar-refractivity contribution in [1.29, 1.82) is 0 Å². The molecule has 0 bridgehead atoms. The zero-order chi connectivity index (χ0) is 6.53. The highest BCUT2D eigenvalue weighted by Crippen LogP contribution is 1.97. The molecule has 0 saturated carbocycles. The Hall–Kier alpha value is -0.760. The standard InChI is InChI=1S/C7H11NO/c1-9-6-7-3-2-4-8-5-7/h2-4,8H,5-6H2,1H3. The summed E-state index contributed by atoms with van der Waals surface area (Å²) in [6, 6.07) is 0. The number of rotatable bonds is 2. The number of hydrogen-bond donors (Lipinski definition) is 1. The van der Waals surface area contributed by atoms with E-state index in [2.05, 4.69) is 11.4 Å². The fourth-order valence-electron chi connectivity index (χ4n) is 0.786. The third-order valence-corrected chi connectivity index (χ3v) is 1.20. The van der Waals surface area contributed by atoms with Gasteiger partial charge in [-0.3, -0.25) is 0 Å². The van der Waals surface area contributed by atoms with Crippen molar-refractivity contribution in [1.82, 2.24) is 5.32 Å². The predicted octanol–water partition coefficient (Wildman–Crippen LogP) is 0.676. The lowest BCUT2D eigenvalue weighted by Gasteiger charge is -2.08. The van der Waals surface area contributed by atoms with Crippen molar-refractivity contribution in [3.05, 3.63) is 23.9 Å². The van der Waals surface area contributed by atoms with Crippen LogP contribution in [0.3, 0.4) is 0 Å². The molecule has 0 unspecified atom stereocenters. The van der Waals surface area contributed by atoms with E-state index in [-0.39, 0.29) is 0 Å². The molecule has 1 aliphatic rings. The first-order valence-electron chi connectivity index (χ1n) is 3.00. The Balaban J connectivity index is 2.38. The lowest BCUT2D eigenvalue weighted by atomic mass is 10.2.